The van der Waals surface area contributed by atoms with E-state index in [0.29, 0.717) is 16.6 Å². The van der Waals surface area contributed by atoms with E-state index in [2.05, 4.69) is 36.1 Å². The summed E-state index contributed by atoms with van der Waals surface area (Å²) in [6.45, 7) is 8.78. The summed E-state index contributed by atoms with van der Waals surface area (Å²) in [5, 5.41) is 4.15. The lowest BCUT2D eigenvalue weighted by molar-refractivity contribution is 0.378. The molecule has 0 amide bonds. The highest BCUT2D eigenvalue weighted by atomic mass is 35.5. The molecule has 1 fully saturated rings. The maximum absolute atomic E-state index is 6.21. The first-order valence-electron chi connectivity index (χ1n) is 7.21. The number of hydrogen-bond donors (Lipinski definition) is 1. The molecule has 3 nitrogen and oxygen atoms in total. The van der Waals surface area contributed by atoms with Gasteiger partial charge in [-0.1, -0.05) is 32.4 Å². The predicted octanol–water partition coefficient (Wildman–Crippen LogP) is 4.38. The maximum atomic E-state index is 6.21. The Labute approximate surface area is 121 Å². The highest BCUT2D eigenvalue weighted by molar-refractivity contribution is 6.30. The second kappa shape index (κ2) is 5.66. The minimum Gasteiger partial charge on any atom is -0.367 e. The van der Waals surface area contributed by atoms with Crippen molar-refractivity contribution >= 4 is 17.4 Å². The smallest absolute Gasteiger partial charge is 0.137 e. The lowest BCUT2D eigenvalue weighted by Crippen LogP contribution is -2.20. The van der Waals surface area contributed by atoms with Gasteiger partial charge >= 0.3 is 0 Å². The zero-order chi connectivity index (χ0) is 14.0. The standard InChI is InChI=1S/C15H24ClN3/c1-5-6-12-18-13(16)10(2)14(19-12)17-11-7-8-15(3,4)9-11/h11H,5-9H2,1-4H3,(H,17,18,19). The second-order valence-electron chi connectivity index (χ2n) is 6.40. The van der Waals surface area contributed by atoms with Crippen molar-refractivity contribution in [3.05, 3.63) is 16.5 Å². The molecule has 1 unspecified atom stereocenters. The number of nitrogens with zero attached hydrogens (tertiary/aromatic N) is 2. The first kappa shape index (κ1) is 14.6. The SMILES string of the molecule is CCCc1nc(Cl)c(C)c(NC2CCC(C)(C)C2)n1. The van der Waals surface area contributed by atoms with Crippen LogP contribution in [0.3, 0.4) is 0 Å². The van der Waals surface area contributed by atoms with Gasteiger partial charge in [-0.2, -0.15) is 0 Å². The van der Waals surface area contributed by atoms with Crippen molar-refractivity contribution in [2.45, 2.75) is 65.8 Å². The molecule has 1 N–H and O–H groups in total. The van der Waals surface area contributed by atoms with Crippen LogP contribution in [0.2, 0.25) is 5.15 Å². The van der Waals surface area contributed by atoms with Crippen molar-refractivity contribution in [2.75, 3.05) is 5.32 Å². The van der Waals surface area contributed by atoms with E-state index in [1.165, 1.54) is 19.3 Å². The minimum absolute atomic E-state index is 0.439. The van der Waals surface area contributed by atoms with E-state index >= 15 is 0 Å². The molecule has 106 valence electrons. The van der Waals surface area contributed by atoms with Crippen molar-refractivity contribution < 1.29 is 0 Å². The zero-order valence-electron chi connectivity index (χ0n) is 12.4. The van der Waals surface area contributed by atoms with E-state index in [1.807, 2.05) is 6.92 Å². The molecule has 0 radical (unpaired) electrons. The fraction of sp³-hybridized carbons (Fsp3) is 0.733. The molecule has 0 aliphatic heterocycles. The zero-order valence-corrected chi connectivity index (χ0v) is 13.1. The van der Waals surface area contributed by atoms with Crippen LogP contribution in [-0.2, 0) is 6.42 Å². The molecular weight excluding hydrogens is 258 g/mol. The molecule has 0 bridgehead atoms. The van der Waals surface area contributed by atoms with E-state index in [-0.39, 0.29) is 0 Å². The largest absolute Gasteiger partial charge is 0.367 e. The Morgan fingerprint density at radius 2 is 2.11 bits per heavy atom. The molecule has 1 aromatic heterocycles. The van der Waals surface area contributed by atoms with Gasteiger partial charge in [-0.3, -0.25) is 0 Å². The van der Waals surface area contributed by atoms with Crippen LogP contribution in [-0.4, -0.2) is 16.0 Å². The van der Waals surface area contributed by atoms with Crippen LogP contribution in [0.4, 0.5) is 5.82 Å². The minimum atomic E-state index is 0.439. The molecule has 1 aromatic rings. The normalized spacial score (nSPS) is 21.6. The van der Waals surface area contributed by atoms with Gasteiger partial charge in [0.25, 0.3) is 0 Å². The van der Waals surface area contributed by atoms with Gasteiger partial charge in [0, 0.05) is 18.0 Å². The highest BCUT2D eigenvalue weighted by Gasteiger charge is 2.31. The summed E-state index contributed by atoms with van der Waals surface area (Å²) in [7, 11) is 0. The van der Waals surface area contributed by atoms with Gasteiger partial charge in [-0.25, -0.2) is 9.97 Å². The average Bonchev–Trinajstić information content (AvgIpc) is 2.65. The summed E-state index contributed by atoms with van der Waals surface area (Å²) in [6, 6.07) is 0.508. The number of halogens is 1. The molecule has 0 spiro atoms. The van der Waals surface area contributed by atoms with E-state index in [4.69, 9.17) is 11.6 Å². The lowest BCUT2D eigenvalue weighted by atomic mass is 9.92. The summed E-state index contributed by atoms with van der Waals surface area (Å²) in [5.74, 6) is 1.77. The average molecular weight is 282 g/mol. The van der Waals surface area contributed by atoms with Gasteiger partial charge in [0.15, 0.2) is 0 Å². The predicted molar refractivity (Wildman–Crippen MR) is 80.8 cm³/mol. The number of aromatic nitrogens is 2. The van der Waals surface area contributed by atoms with Crippen LogP contribution >= 0.6 is 11.6 Å². The summed E-state index contributed by atoms with van der Waals surface area (Å²) in [5.41, 5.74) is 1.40. The second-order valence-corrected chi connectivity index (χ2v) is 6.76. The van der Waals surface area contributed by atoms with Crippen molar-refractivity contribution in [3.8, 4) is 0 Å². The molecule has 0 saturated heterocycles. The number of aryl methyl sites for hydroxylation is 1. The van der Waals surface area contributed by atoms with E-state index in [9.17, 15) is 0 Å². The molecule has 4 heteroatoms. The highest BCUT2D eigenvalue weighted by Crippen LogP contribution is 2.38. The molecule has 1 saturated carbocycles. The summed E-state index contributed by atoms with van der Waals surface area (Å²) >= 11 is 6.21. The van der Waals surface area contributed by atoms with Crippen molar-refractivity contribution in [1.82, 2.24) is 9.97 Å². The Bertz CT molecular complexity index is 457. The molecule has 0 aromatic carbocycles. The number of hydrogen-bond acceptors (Lipinski definition) is 3. The molecule has 19 heavy (non-hydrogen) atoms. The topological polar surface area (TPSA) is 37.8 Å². The Morgan fingerprint density at radius 1 is 1.37 bits per heavy atom. The Kier molecular flexibility index (Phi) is 4.34. The summed E-state index contributed by atoms with van der Waals surface area (Å²) < 4.78 is 0. The maximum Gasteiger partial charge on any atom is 0.137 e. The van der Waals surface area contributed by atoms with Crippen molar-refractivity contribution in [2.24, 2.45) is 5.41 Å². The Balaban J connectivity index is 2.15. The van der Waals surface area contributed by atoms with E-state index in [1.54, 1.807) is 0 Å². The Morgan fingerprint density at radius 3 is 2.68 bits per heavy atom. The van der Waals surface area contributed by atoms with Crippen LogP contribution in [0.25, 0.3) is 0 Å². The molecule has 1 aliphatic carbocycles. The van der Waals surface area contributed by atoms with Crippen LogP contribution in [0, 0.1) is 12.3 Å². The molecule has 1 atom stereocenters. The van der Waals surface area contributed by atoms with E-state index < -0.39 is 0 Å². The van der Waals surface area contributed by atoms with Gasteiger partial charge in [0.1, 0.15) is 16.8 Å². The van der Waals surface area contributed by atoms with Crippen LogP contribution in [0.5, 0.6) is 0 Å². The third-order valence-corrected chi connectivity index (χ3v) is 4.28. The molecule has 1 aliphatic rings. The first-order valence-corrected chi connectivity index (χ1v) is 7.58. The summed E-state index contributed by atoms with van der Waals surface area (Å²) in [6.07, 6.45) is 5.58. The van der Waals surface area contributed by atoms with Crippen molar-refractivity contribution in [3.63, 3.8) is 0 Å². The number of rotatable bonds is 4. The quantitative estimate of drug-likeness (QED) is 0.832. The van der Waals surface area contributed by atoms with E-state index in [0.717, 1.165) is 30.0 Å². The molecule has 1 heterocycles. The van der Waals surface area contributed by atoms with Crippen LogP contribution in [0.15, 0.2) is 0 Å². The fourth-order valence-electron chi connectivity index (χ4n) is 2.76. The lowest BCUT2D eigenvalue weighted by Gasteiger charge is -2.19. The van der Waals surface area contributed by atoms with Crippen LogP contribution < -0.4 is 5.32 Å². The van der Waals surface area contributed by atoms with Gasteiger partial charge in [0.05, 0.1) is 0 Å². The van der Waals surface area contributed by atoms with Gasteiger partial charge in [0.2, 0.25) is 0 Å². The van der Waals surface area contributed by atoms with Crippen LogP contribution in [0.1, 0.15) is 57.8 Å². The Hall–Kier alpha value is -0.830. The first-order chi connectivity index (χ1) is 8.91. The van der Waals surface area contributed by atoms with Gasteiger partial charge < -0.3 is 5.32 Å². The summed E-state index contributed by atoms with van der Waals surface area (Å²) in [4.78, 5) is 8.97. The van der Waals surface area contributed by atoms with Gasteiger partial charge in [-0.15, -0.1) is 0 Å². The monoisotopic (exact) mass is 281 g/mol. The third-order valence-electron chi connectivity index (χ3n) is 3.92. The fourth-order valence-corrected chi connectivity index (χ4v) is 2.95. The number of nitrogens with one attached hydrogen (secondary N) is 1. The third kappa shape index (κ3) is 3.59. The molecule has 2 rings (SSSR count). The molecular formula is C15H24ClN3. The van der Waals surface area contributed by atoms with Gasteiger partial charge in [-0.05, 0) is 38.0 Å². The van der Waals surface area contributed by atoms with Crippen molar-refractivity contribution in [1.29, 1.82) is 0 Å². The number of anilines is 1.